The number of hydrogen-bond acceptors (Lipinski definition) is 4. The van der Waals surface area contributed by atoms with E-state index in [1.54, 1.807) is 0 Å². The maximum Gasteiger partial charge on any atom is 0.230 e. The Labute approximate surface area is 221 Å². The molecule has 0 radical (unpaired) electrons. The van der Waals surface area contributed by atoms with Crippen molar-refractivity contribution in [3.63, 3.8) is 0 Å². The number of amides is 2. The van der Waals surface area contributed by atoms with Gasteiger partial charge in [-0.2, -0.15) is 0 Å². The molecule has 3 aliphatic carbocycles. The highest BCUT2D eigenvalue weighted by molar-refractivity contribution is 6.05. The summed E-state index contributed by atoms with van der Waals surface area (Å²) in [4.78, 5) is 27.8. The standard InChI is InChI=1S/C28H34N8O2/c29-25(30)33-12-9-18-1-5-21(6-2-18)34-23(37)27-15-28(16-27,17-27)24(38)35-22-7-3-19(4-8-22)20-10-13-36(14-11-20)26(31)32/h1-8,10H,9,11-17H2,(H3,31,32)(H,34,37)(H,35,38)(H4,29,30,33). The maximum atomic E-state index is 13.0. The van der Waals surface area contributed by atoms with Gasteiger partial charge in [-0.1, -0.05) is 30.3 Å². The average Bonchev–Trinajstić information content (AvgIpc) is 2.84. The normalized spacial score (nSPS) is 23.3. The van der Waals surface area contributed by atoms with Crippen molar-refractivity contribution in [2.24, 2.45) is 22.3 Å². The van der Waals surface area contributed by atoms with Gasteiger partial charge in [0.2, 0.25) is 11.8 Å². The lowest BCUT2D eigenvalue weighted by Crippen LogP contribution is -2.70. The fraction of sp³-hybridized carbons (Fsp3) is 0.357. The van der Waals surface area contributed by atoms with Crippen LogP contribution in [0.5, 0.6) is 0 Å². The Bertz CT molecular complexity index is 1280. The summed E-state index contributed by atoms with van der Waals surface area (Å²) in [5, 5.41) is 23.6. The summed E-state index contributed by atoms with van der Waals surface area (Å²) in [6, 6.07) is 15.5. The Kier molecular flexibility index (Phi) is 6.56. The number of nitrogens with zero attached hydrogens (tertiary/aromatic N) is 1. The molecule has 0 spiro atoms. The molecule has 2 bridgehead atoms. The van der Waals surface area contributed by atoms with Gasteiger partial charge in [-0.3, -0.25) is 20.4 Å². The molecule has 10 nitrogen and oxygen atoms in total. The molecule has 10 heteroatoms. The van der Waals surface area contributed by atoms with Gasteiger partial charge in [0.15, 0.2) is 11.9 Å². The van der Waals surface area contributed by atoms with Crippen molar-refractivity contribution >= 4 is 40.7 Å². The van der Waals surface area contributed by atoms with Gasteiger partial charge >= 0.3 is 0 Å². The lowest BCUT2D eigenvalue weighted by molar-refractivity contribution is -0.201. The Morgan fingerprint density at radius 3 is 1.89 bits per heavy atom. The molecule has 4 aliphatic rings. The van der Waals surface area contributed by atoms with E-state index in [4.69, 9.17) is 22.3 Å². The number of nitrogens with two attached hydrogens (primary N) is 2. The number of benzene rings is 2. The van der Waals surface area contributed by atoms with Gasteiger partial charge in [0.25, 0.3) is 0 Å². The van der Waals surface area contributed by atoms with Crippen molar-refractivity contribution in [1.29, 1.82) is 10.8 Å². The molecule has 1 aliphatic heterocycles. The van der Waals surface area contributed by atoms with Gasteiger partial charge in [-0.15, -0.1) is 0 Å². The Morgan fingerprint density at radius 1 is 0.868 bits per heavy atom. The minimum absolute atomic E-state index is 0.0163. The van der Waals surface area contributed by atoms with Crippen LogP contribution in [-0.2, 0) is 16.0 Å². The van der Waals surface area contributed by atoms with Crippen LogP contribution >= 0.6 is 0 Å². The lowest BCUT2D eigenvalue weighted by atomic mass is 9.34. The summed E-state index contributed by atoms with van der Waals surface area (Å²) < 4.78 is 0. The second kappa shape index (κ2) is 9.85. The second-order valence-electron chi connectivity index (χ2n) is 10.7. The van der Waals surface area contributed by atoms with Crippen molar-refractivity contribution in [2.45, 2.75) is 32.1 Å². The molecule has 2 amide bonds. The minimum Gasteiger partial charge on any atom is -0.370 e. The van der Waals surface area contributed by atoms with E-state index in [1.807, 2.05) is 53.4 Å². The van der Waals surface area contributed by atoms with Gasteiger partial charge < -0.3 is 32.3 Å². The summed E-state index contributed by atoms with van der Waals surface area (Å²) >= 11 is 0. The number of carbonyl (C=O) groups is 2. The predicted octanol–water partition coefficient (Wildman–Crippen LogP) is 2.44. The fourth-order valence-electron chi connectivity index (χ4n) is 5.81. The quantitative estimate of drug-likeness (QED) is 0.210. The molecule has 198 valence electrons. The molecule has 0 unspecified atom stereocenters. The highest BCUT2D eigenvalue weighted by Gasteiger charge is 2.74. The summed E-state index contributed by atoms with van der Waals surface area (Å²) in [5.41, 5.74) is 14.9. The van der Waals surface area contributed by atoms with Crippen LogP contribution in [0.15, 0.2) is 54.6 Å². The van der Waals surface area contributed by atoms with Crippen molar-refractivity contribution in [3.05, 3.63) is 65.7 Å². The summed E-state index contributed by atoms with van der Waals surface area (Å²) in [6.07, 6.45) is 5.36. The molecule has 0 atom stereocenters. The first-order valence-electron chi connectivity index (χ1n) is 12.9. The third-order valence-electron chi connectivity index (χ3n) is 8.00. The van der Waals surface area contributed by atoms with Crippen LogP contribution in [-0.4, -0.2) is 48.3 Å². The molecule has 6 rings (SSSR count). The average molecular weight is 515 g/mol. The van der Waals surface area contributed by atoms with E-state index >= 15 is 0 Å². The monoisotopic (exact) mass is 514 g/mol. The number of rotatable bonds is 8. The van der Waals surface area contributed by atoms with Crippen LogP contribution in [0.1, 0.15) is 36.8 Å². The van der Waals surface area contributed by atoms with E-state index in [2.05, 4.69) is 22.0 Å². The maximum absolute atomic E-state index is 13.0. The van der Waals surface area contributed by atoms with Crippen molar-refractivity contribution in [1.82, 2.24) is 10.2 Å². The molecular formula is C28H34N8O2. The number of carbonyl (C=O) groups excluding carboxylic acids is 2. The van der Waals surface area contributed by atoms with E-state index in [1.165, 1.54) is 5.57 Å². The SMILES string of the molecule is N=C(N)NCCc1ccc(NC(=O)C23CC(C(=O)Nc4ccc(C5=CCN(C(=N)N)CC5)cc4)(C2)C3)cc1. The molecule has 0 saturated heterocycles. The first kappa shape index (κ1) is 25.3. The largest absolute Gasteiger partial charge is 0.370 e. The van der Waals surface area contributed by atoms with Crippen LogP contribution in [0.3, 0.4) is 0 Å². The highest BCUT2D eigenvalue weighted by Crippen LogP contribution is 2.73. The molecule has 0 aromatic heterocycles. The fourth-order valence-corrected chi connectivity index (χ4v) is 5.81. The van der Waals surface area contributed by atoms with Crippen LogP contribution in [0.25, 0.3) is 5.57 Å². The van der Waals surface area contributed by atoms with E-state index in [0.717, 1.165) is 41.9 Å². The summed E-state index contributed by atoms with van der Waals surface area (Å²) in [6.45, 7) is 1.94. The minimum atomic E-state index is -0.453. The molecule has 1 heterocycles. The van der Waals surface area contributed by atoms with Gasteiger partial charge in [0, 0.05) is 31.0 Å². The van der Waals surface area contributed by atoms with Crippen molar-refractivity contribution in [2.75, 3.05) is 30.3 Å². The van der Waals surface area contributed by atoms with Gasteiger partial charge in [-0.25, -0.2) is 0 Å². The van der Waals surface area contributed by atoms with Crippen LogP contribution in [0.2, 0.25) is 0 Å². The van der Waals surface area contributed by atoms with Gasteiger partial charge in [0.05, 0.1) is 10.8 Å². The van der Waals surface area contributed by atoms with Crippen molar-refractivity contribution in [3.8, 4) is 0 Å². The van der Waals surface area contributed by atoms with E-state index in [0.29, 0.717) is 32.4 Å². The third-order valence-corrected chi connectivity index (χ3v) is 8.00. The highest BCUT2D eigenvalue weighted by atomic mass is 16.2. The number of nitrogens with one attached hydrogen (secondary N) is 5. The molecule has 2 aromatic carbocycles. The molecular weight excluding hydrogens is 480 g/mol. The van der Waals surface area contributed by atoms with Crippen LogP contribution < -0.4 is 27.4 Å². The molecule has 2 aromatic rings. The summed E-state index contributed by atoms with van der Waals surface area (Å²) in [5.74, 6) is 0.00838. The zero-order valence-corrected chi connectivity index (χ0v) is 21.3. The van der Waals surface area contributed by atoms with Gasteiger partial charge in [-0.05, 0) is 73.1 Å². The predicted molar refractivity (Wildman–Crippen MR) is 149 cm³/mol. The lowest BCUT2D eigenvalue weighted by Gasteiger charge is -2.67. The zero-order chi connectivity index (χ0) is 26.9. The number of anilines is 2. The first-order valence-corrected chi connectivity index (χ1v) is 12.9. The molecule has 3 saturated carbocycles. The second-order valence-corrected chi connectivity index (χ2v) is 10.7. The van der Waals surface area contributed by atoms with E-state index in [-0.39, 0.29) is 23.7 Å². The first-order chi connectivity index (χ1) is 18.2. The molecule has 9 N–H and O–H groups in total. The van der Waals surface area contributed by atoms with Crippen molar-refractivity contribution < 1.29 is 9.59 Å². The Balaban J connectivity index is 1.09. The van der Waals surface area contributed by atoms with Crippen LogP contribution in [0.4, 0.5) is 11.4 Å². The smallest absolute Gasteiger partial charge is 0.230 e. The Hall–Kier alpha value is -4.34. The topological polar surface area (TPSA) is 173 Å². The molecule has 3 fully saturated rings. The number of hydrogen-bond donors (Lipinski definition) is 7. The summed E-state index contributed by atoms with van der Waals surface area (Å²) in [7, 11) is 0. The van der Waals surface area contributed by atoms with E-state index in [9.17, 15) is 9.59 Å². The zero-order valence-electron chi connectivity index (χ0n) is 21.3. The van der Waals surface area contributed by atoms with E-state index < -0.39 is 10.8 Å². The Morgan fingerprint density at radius 2 is 1.42 bits per heavy atom. The van der Waals surface area contributed by atoms with Crippen LogP contribution in [0, 0.1) is 21.6 Å². The molecule has 38 heavy (non-hydrogen) atoms. The number of guanidine groups is 2. The third kappa shape index (κ3) is 4.93. The van der Waals surface area contributed by atoms with Gasteiger partial charge in [0.1, 0.15) is 0 Å².